The first-order chi connectivity index (χ1) is 11.4. The second-order valence-electron chi connectivity index (χ2n) is 5.22. The van der Waals surface area contributed by atoms with Gasteiger partial charge < -0.3 is 4.90 Å². The lowest BCUT2D eigenvalue weighted by atomic mass is 10.2. The zero-order valence-electron chi connectivity index (χ0n) is 12.5. The van der Waals surface area contributed by atoms with E-state index in [2.05, 4.69) is 0 Å². The van der Waals surface area contributed by atoms with E-state index in [1.165, 1.54) is 27.8 Å². The predicted molar refractivity (Wildman–Crippen MR) is 93.4 cm³/mol. The van der Waals surface area contributed by atoms with Gasteiger partial charge in [0.1, 0.15) is 4.21 Å². The summed E-state index contributed by atoms with van der Waals surface area (Å²) in [7, 11) is -3.45. The SMILES string of the molecule is O=[N+]([O-])c1ccc(N2CCN(S(=O)(=O)c3cccs3)CC2)c(Cl)c1. The Morgan fingerprint density at radius 3 is 2.42 bits per heavy atom. The number of nitro groups is 1. The minimum absolute atomic E-state index is 0.0670. The molecule has 3 rings (SSSR count). The Balaban J connectivity index is 1.73. The first kappa shape index (κ1) is 17.2. The van der Waals surface area contributed by atoms with Gasteiger partial charge in [-0.25, -0.2) is 8.42 Å². The molecule has 0 atom stereocenters. The van der Waals surface area contributed by atoms with Crippen LogP contribution in [0.3, 0.4) is 0 Å². The van der Waals surface area contributed by atoms with E-state index in [4.69, 9.17) is 11.6 Å². The van der Waals surface area contributed by atoms with E-state index in [0.29, 0.717) is 41.1 Å². The fraction of sp³-hybridized carbons (Fsp3) is 0.286. The molecule has 0 radical (unpaired) electrons. The third-order valence-corrected chi connectivity index (χ3v) is 7.39. The van der Waals surface area contributed by atoms with Gasteiger partial charge in [-0.3, -0.25) is 10.1 Å². The molecule has 0 bridgehead atoms. The van der Waals surface area contributed by atoms with Crippen molar-refractivity contribution in [2.24, 2.45) is 0 Å². The standard InChI is InChI=1S/C14H14ClN3O4S2/c15-12-10-11(18(19)20)3-4-13(12)16-5-7-17(8-6-16)24(21,22)14-2-1-9-23-14/h1-4,9-10H,5-8H2. The van der Waals surface area contributed by atoms with Crippen LogP contribution in [0.2, 0.25) is 5.02 Å². The number of non-ortho nitro benzene ring substituents is 1. The summed E-state index contributed by atoms with van der Waals surface area (Å²) >= 11 is 7.34. The summed E-state index contributed by atoms with van der Waals surface area (Å²) in [5.41, 5.74) is 0.609. The highest BCUT2D eigenvalue weighted by Crippen LogP contribution is 2.31. The van der Waals surface area contributed by atoms with Crippen LogP contribution in [0.1, 0.15) is 0 Å². The summed E-state index contributed by atoms with van der Waals surface area (Å²) in [6.45, 7) is 1.63. The second-order valence-corrected chi connectivity index (χ2v) is 8.74. The van der Waals surface area contributed by atoms with Crippen LogP contribution in [0, 0.1) is 10.1 Å². The monoisotopic (exact) mass is 387 g/mol. The maximum absolute atomic E-state index is 12.5. The molecule has 7 nitrogen and oxygen atoms in total. The van der Waals surface area contributed by atoms with Crippen LogP contribution in [0.5, 0.6) is 0 Å². The molecule has 1 aromatic carbocycles. The molecule has 1 aliphatic heterocycles. The molecule has 0 amide bonds. The zero-order valence-corrected chi connectivity index (χ0v) is 14.9. The molecule has 0 aliphatic carbocycles. The first-order valence-corrected chi connectivity index (χ1v) is 9.82. The highest BCUT2D eigenvalue weighted by Gasteiger charge is 2.29. The zero-order chi connectivity index (χ0) is 17.3. The van der Waals surface area contributed by atoms with Crippen LogP contribution < -0.4 is 4.90 Å². The largest absolute Gasteiger partial charge is 0.368 e. The summed E-state index contributed by atoms with van der Waals surface area (Å²) in [5.74, 6) is 0. The molecule has 0 saturated carbocycles. The quantitative estimate of drug-likeness (QED) is 0.595. The topological polar surface area (TPSA) is 83.8 Å². The van der Waals surface area contributed by atoms with Crippen LogP contribution in [-0.4, -0.2) is 43.8 Å². The van der Waals surface area contributed by atoms with E-state index in [9.17, 15) is 18.5 Å². The molecule has 2 heterocycles. The normalized spacial score (nSPS) is 16.3. The molecule has 1 aliphatic rings. The number of rotatable bonds is 4. The highest BCUT2D eigenvalue weighted by atomic mass is 35.5. The molecule has 128 valence electrons. The van der Waals surface area contributed by atoms with Crippen molar-refractivity contribution in [1.82, 2.24) is 4.31 Å². The van der Waals surface area contributed by atoms with Crippen LogP contribution in [-0.2, 0) is 10.0 Å². The first-order valence-electron chi connectivity index (χ1n) is 7.12. The lowest BCUT2D eigenvalue weighted by Gasteiger charge is -2.35. The number of nitrogens with zero attached hydrogens (tertiary/aromatic N) is 3. The van der Waals surface area contributed by atoms with E-state index >= 15 is 0 Å². The third kappa shape index (κ3) is 3.25. The lowest BCUT2D eigenvalue weighted by Crippen LogP contribution is -2.48. The summed E-state index contributed by atoms with van der Waals surface area (Å²) in [6, 6.07) is 7.62. The summed E-state index contributed by atoms with van der Waals surface area (Å²) in [5, 5.41) is 12.8. The predicted octanol–water partition coefficient (Wildman–Crippen LogP) is 2.82. The van der Waals surface area contributed by atoms with Crippen molar-refractivity contribution in [3.8, 4) is 0 Å². The Hall–Kier alpha value is -1.68. The molecule has 24 heavy (non-hydrogen) atoms. The molecular formula is C14H14ClN3O4S2. The molecule has 0 spiro atoms. The Bertz CT molecular complexity index is 847. The molecule has 0 N–H and O–H groups in total. The van der Waals surface area contributed by atoms with Crippen LogP contribution in [0.15, 0.2) is 39.9 Å². The summed E-state index contributed by atoms with van der Waals surface area (Å²) in [6.07, 6.45) is 0. The fourth-order valence-electron chi connectivity index (χ4n) is 2.57. The van der Waals surface area contributed by atoms with Crippen molar-refractivity contribution in [2.75, 3.05) is 31.1 Å². The van der Waals surface area contributed by atoms with Crippen molar-refractivity contribution in [1.29, 1.82) is 0 Å². The van der Waals surface area contributed by atoms with Crippen LogP contribution >= 0.6 is 22.9 Å². The minimum Gasteiger partial charge on any atom is -0.368 e. The number of halogens is 1. The van der Waals surface area contributed by atoms with Gasteiger partial charge in [0.05, 0.1) is 15.6 Å². The molecule has 1 fully saturated rings. The van der Waals surface area contributed by atoms with Crippen molar-refractivity contribution >= 4 is 44.3 Å². The smallest absolute Gasteiger partial charge is 0.271 e. The number of thiophene rings is 1. The average Bonchev–Trinajstić information content (AvgIpc) is 3.10. The maximum Gasteiger partial charge on any atom is 0.271 e. The van der Waals surface area contributed by atoms with Gasteiger partial charge in [0.15, 0.2) is 0 Å². The van der Waals surface area contributed by atoms with Gasteiger partial charge in [-0.05, 0) is 17.5 Å². The van der Waals surface area contributed by atoms with Gasteiger partial charge in [-0.15, -0.1) is 11.3 Å². The Labute approximate surface area is 148 Å². The van der Waals surface area contributed by atoms with E-state index in [1.807, 2.05) is 4.90 Å². The number of sulfonamides is 1. The Morgan fingerprint density at radius 1 is 1.17 bits per heavy atom. The molecular weight excluding hydrogens is 374 g/mol. The number of nitro benzene ring substituents is 1. The molecule has 1 aromatic heterocycles. The lowest BCUT2D eigenvalue weighted by molar-refractivity contribution is -0.384. The van der Waals surface area contributed by atoms with Gasteiger partial charge in [0.2, 0.25) is 0 Å². The van der Waals surface area contributed by atoms with Gasteiger partial charge in [0, 0.05) is 38.3 Å². The van der Waals surface area contributed by atoms with Crippen LogP contribution in [0.4, 0.5) is 11.4 Å². The van der Waals surface area contributed by atoms with Gasteiger partial charge in [-0.1, -0.05) is 17.7 Å². The number of anilines is 1. The van der Waals surface area contributed by atoms with Crippen molar-refractivity contribution in [3.63, 3.8) is 0 Å². The van der Waals surface area contributed by atoms with Gasteiger partial charge in [-0.2, -0.15) is 4.31 Å². The summed E-state index contributed by atoms with van der Waals surface area (Å²) < 4.78 is 26.8. The molecule has 0 unspecified atom stereocenters. The third-order valence-electron chi connectivity index (χ3n) is 3.81. The molecule has 2 aromatic rings. The van der Waals surface area contributed by atoms with Crippen molar-refractivity contribution in [3.05, 3.63) is 50.8 Å². The average molecular weight is 388 g/mol. The van der Waals surface area contributed by atoms with Gasteiger partial charge >= 0.3 is 0 Å². The maximum atomic E-state index is 12.5. The van der Waals surface area contributed by atoms with E-state index in [1.54, 1.807) is 23.6 Å². The Morgan fingerprint density at radius 2 is 1.88 bits per heavy atom. The number of piperazine rings is 1. The van der Waals surface area contributed by atoms with E-state index in [-0.39, 0.29) is 5.69 Å². The van der Waals surface area contributed by atoms with Crippen molar-refractivity contribution < 1.29 is 13.3 Å². The van der Waals surface area contributed by atoms with Crippen LogP contribution in [0.25, 0.3) is 0 Å². The number of hydrogen-bond acceptors (Lipinski definition) is 6. The summed E-state index contributed by atoms with van der Waals surface area (Å²) in [4.78, 5) is 12.2. The fourth-order valence-corrected chi connectivity index (χ4v) is 5.43. The molecule has 10 heteroatoms. The highest BCUT2D eigenvalue weighted by molar-refractivity contribution is 7.91. The Kier molecular flexibility index (Phi) is 4.77. The van der Waals surface area contributed by atoms with E-state index < -0.39 is 14.9 Å². The molecule has 1 saturated heterocycles. The number of hydrogen-bond donors (Lipinski definition) is 0. The number of benzene rings is 1. The second kappa shape index (κ2) is 6.67. The van der Waals surface area contributed by atoms with Crippen molar-refractivity contribution in [2.45, 2.75) is 4.21 Å². The van der Waals surface area contributed by atoms with E-state index in [0.717, 1.165) is 0 Å². The minimum atomic E-state index is -3.45. The van der Waals surface area contributed by atoms with Gasteiger partial charge in [0.25, 0.3) is 15.7 Å².